The second-order valence-corrected chi connectivity index (χ2v) is 5.81. The molecule has 0 rings (SSSR count). The summed E-state index contributed by atoms with van der Waals surface area (Å²) in [5, 5.41) is 4.71. The van der Waals surface area contributed by atoms with Crippen LogP contribution in [0, 0.1) is 0 Å². The summed E-state index contributed by atoms with van der Waals surface area (Å²) in [5.74, 6) is 0. The Labute approximate surface area is 105 Å². The van der Waals surface area contributed by atoms with Gasteiger partial charge < -0.3 is 5.32 Å². The first kappa shape index (κ1) is 15.4. The van der Waals surface area contributed by atoms with E-state index in [1.54, 1.807) is 0 Å². The van der Waals surface area contributed by atoms with Crippen molar-refractivity contribution in [2.75, 3.05) is 11.9 Å². The maximum atomic E-state index is 3.62. The molecule has 0 aromatic carbocycles. The Kier molecular flexibility index (Phi) is 9.93. The zero-order chi connectivity index (χ0) is 11.6. The van der Waals surface area contributed by atoms with Crippen molar-refractivity contribution in [3.8, 4) is 0 Å². The molecule has 0 bridgehead atoms. The molecule has 0 aliphatic carbocycles. The van der Waals surface area contributed by atoms with E-state index in [2.05, 4.69) is 42.0 Å². The number of hydrogen-bond donors (Lipinski definition) is 1. The molecule has 1 nitrogen and oxygen atoms in total. The van der Waals surface area contributed by atoms with Gasteiger partial charge in [-0.25, -0.2) is 0 Å². The average molecular weight is 278 g/mol. The molecule has 0 unspecified atom stereocenters. The fraction of sp³-hybridized carbons (Fsp3) is 1.00. The van der Waals surface area contributed by atoms with Gasteiger partial charge in [-0.1, -0.05) is 55.0 Å². The first-order valence-electron chi connectivity index (χ1n) is 6.43. The van der Waals surface area contributed by atoms with E-state index in [1.165, 1.54) is 51.5 Å². The van der Waals surface area contributed by atoms with Crippen LogP contribution in [0.5, 0.6) is 0 Å². The summed E-state index contributed by atoms with van der Waals surface area (Å²) < 4.78 is 0. The lowest BCUT2D eigenvalue weighted by Gasteiger charge is -2.25. The first-order valence-corrected chi connectivity index (χ1v) is 7.55. The van der Waals surface area contributed by atoms with Crippen molar-refractivity contribution in [1.82, 2.24) is 5.32 Å². The van der Waals surface area contributed by atoms with Crippen LogP contribution in [0.15, 0.2) is 0 Å². The van der Waals surface area contributed by atoms with Crippen molar-refractivity contribution in [1.29, 1.82) is 0 Å². The SMILES string of the molecule is CCCCCCCCNC(C)(C)CCBr. The van der Waals surface area contributed by atoms with E-state index in [0.29, 0.717) is 5.54 Å². The van der Waals surface area contributed by atoms with Crippen LogP contribution in [0.25, 0.3) is 0 Å². The number of hydrogen-bond acceptors (Lipinski definition) is 1. The van der Waals surface area contributed by atoms with Crippen LogP contribution in [0.3, 0.4) is 0 Å². The third-order valence-corrected chi connectivity index (χ3v) is 3.25. The number of rotatable bonds is 10. The maximum Gasteiger partial charge on any atom is 0.0133 e. The van der Waals surface area contributed by atoms with Gasteiger partial charge in [-0.2, -0.15) is 0 Å². The van der Waals surface area contributed by atoms with Gasteiger partial charge in [0.05, 0.1) is 0 Å². The molecule has 0 aliphatic heterocycles. The zero-order valence-electron chi connectivity index (χ0n) is 10.7. The van der Waals surface area contributed by atoms with E-state index in [-0.39, 0.29) is 0 Å². The lowest BCUT2D eigenvalue weighted by Crippen LogP contribution is -2.40. The summed E-state index contributed by atoms with van der Waals surface area (Å²) in [6.07, 6.45) is 9.49. The summed E-state index contributed by atoms with van der Waals surface area (Å²) >= 11 is 3.50. The number of halogens is 1. The van der Waals surface area contributed by atoms with Gasteiger partial charge in [-0.15, -0.1) is 0 Å². The van der Waals surface area contributed by atoms with Crippen LogP contribution in [0.2, 0.25) is 0 Å². The predicted molar refractivity (Wildman–Crippen MR) is 73.9 cm³/mol. The van der Waals surface area contributed by atoms with Crippen LogP contribution >= 0.6 is 15.9 Å². The van der Waals surface area contributed by atoms with Crippen molar-refractivity contribution in [3.05, 3.63) is 0 Å². The van der Waals surface area contributed by atoms with E-state index in [9.17, 15) is 0 Å². The topological polar surface area (TPSA) is 12.0 Å². The Morgan fingerprint density at radius 2 is 1.60 bits per heavy atom. The normalized spacial score (nSPS) is 12.0. The van der Waals surface area contributed by atoms with E-state index in [4.69, 9.17) is 0 Å². The van der Waals surface area contributed by atoms with Gasteiger partial charge in [0, 0.05) is 10.9 Å². The molecular formula is C13H28BrN. The standard InChI is InChI=1S/C13H28BrN/c1-4-5-6-7-8-9-12-15-13(2,3)10-11-14/h15H,4-12H2,1-3H3. The molecule has 0 fully saturated rings. The minimum absolute atomic E-state index is 0.299. The highest BCUT2D eigenvalue weighted by Crippen LogP contribution is 2.10. The summed E-state index contributed by atoms with van der Waals surface area (Å²) in [4.78, 5) is 0. The third-order valence-electron chi connectivity index (χ3n) is 2.85. The highest BCUT2D eigenvalue weighted by atomic mass is 79.9. The second-order valence-electron chi connectivity index (χ2n) is 5.02. The Bertz CT molecular complexity index is 134. The van der Waals surface area contributed by atoms with Crippen LogP contribution in [-0.2, 0) is 0 Å². The molecule has 2 heteroatoms. The molecule has 0 saturated carbocycles. The summed E-state index contributed by atoms with van der Waals surface area (Å²) in [7, 11) is 0. The molecule has 0 saturated heterocycles. The van der Waals surface area contributed by atoms with Crippen molar-refractivity contribution in [3.63, 3.8) is 0 Å². The molecule has 0 aromatic heterocycles. The number of nitrogens with one attached hydrogen (secondary N) is 1. The lowest BCUT2D eigenvalue weighted by atomic mass is 10.0. The quantitative estimate of drug-likeness (QED) is 0.458. The minimum Gasteiger partial charge on any atom is -0.312 e. The molecule has 92 valence electrons. The van der Waals surface area contributed by atoms with Crippen molar-refractivity contribution in [2.24, 2.45) is 0 Å². The fourth-order valence-electron chi connectivity index (χ4n) is 1.66. The second kappa shape index (κ2) is 9.65. The van der Waals surface area contributed by atoms with Crippen molar-refractivity contribution >= 4 is 15.9 Å². The van der Waals surface area contributed by atoms with E-state index in [1.807, 2.05) is 0 Å². The van der Waals surface area contributed by atoms with E-state index in [0.717, 1.165) is 5.33 Å². The van der Waals surface area contributed by atoms with Gasteiger partial charge in [0.15, 0.2) is 0 Å². The molecule has 0 radical (unpaired) electrons. The predicted octanol–water partition coefficient (Wildman–Crippen LogP) is 4.50. The fourth-order valence-corrected chi connectivity index (χ4v) is 2.65. The van der Waals surface area contributed by atoms with Gasteiger partial charge in [-0.05, 0) is 33.2 Å². The molecule has 0 aliphatic rings. The Morgan fingerprint density at radius 1 is 1.00 bits per heavy atom. The van der Waals surface area contributed by atoms with Crippen LogP contribution in [0.1, 0.15) is 65.7 Å². The smallest absolute Gasteiger partial charge is 0.0133 e. The largest absolute Gasteiger partial charge is 0.312 e. The van der Waals surface area contributed by atoms with Crippen molar-refractivity contribution < 1.29 is 0 Å². The van der Waals surface area contributed by atoms with Crippen molar-refractivity contribution in [2.45, 2.75) is 71.3 Å². The van der Waals surface area contributed by atoms with Gasteiger partial charge in [-0.3, -0.25) is 0 Å². The minimum atomic E-state index is 0.299. The Morgan fingerprint density at radius 3 is 2.20 bits per heavy atom. The number of unbranched alkanes of at least 4 members (excludes halogenated alkanes) is 5. The van der Waals surface area contributed by atoms with E-state index >= 15 is 0 Å². The monoisotopic (exact) mass is 277 g/mol. The highest BCUT2D eigenvalue weighted by molar-refractivity contribution is 9.09. The molecular weight excluding hydrogens is 250 g/mol. The average Bonchev–Trinajstić information content (AvgIpc) is 2.16. The zero-order valence-corrected chi connectivity index (χ0v) is 12.3. The molecule has 0 amide bonds. The molecule has 0 heterocycles. The van der Waals surface area contributed by atoms with E-state index < -0.39 is 0 Å². The molecule has 0 atom stereocenters. The summed E-state index contributed by atoms with van der Waals surface area (Å²) in [6, 6.07) is 0. The third kappa shape index (κ3) is 10.7. The van der Waals surface area contributed by atoms with Gasteiger partial charge in [0.25, 0.3) is 0 Å². The van der Waals surface area contributed by atoms with Crippen LogP contribution < -0.4 is 5.32 Å². The maximum absolute atomic E-state index is 3.62. The van der Waals surface area contributed by atoms with Gasteiger partial charge in [0.1, 0.15) is 0 Å². The molecule has 0 aromatic rings. The Balaban J connectivity index is 3.22. The number of alkyl halides is 1. The molecule has 1 N–H and O–H groups in total. The van der Waals surface area contributed by atoms with Gasteiger partial charge >= 0.3 is 0 Å². The summed E-state index contributed by atoms with van der Waals surface area (Å²) in [6.45, 7) is 8.01. The molecule has 15 heavy (non-hydrogen) atoms. The Hall–Kier alpha value is 0.440. The van der Waals surface area contributed by atoms with Gasteiger partial charge in [0.2, 0.25) is 0 Å². The van der Waals surface area contributed by atoms with Crippen LogP contribution in [0.4, 0.5) is 0 Å². The molecule has 0 spiro atoms. The highest BCUT2D eigenvalue weighted by Gasteiger charge is 2.14. The van der Waals surface area contributed by atoms with Crippen LogP contribution in [-0.4, -0.2) is 17.4 Å². The lowest BCUT2D eigenvalue weighted by molar-refractivity contribution is 0.374. The first-order chi connectivity index (χ1) is 7.12. The summed E-state index contributed by atoms with van der Waals surface area (Å²) in [5.41, 5.74) is 0.299.